The van der Waals surface area contributed by atoms with Gasteiger partial charge >= 0.3 is 11.1 Å². The van der Waals surface area contributed by atoms with E-state index in [1.165, 1.54) is 24.5 Å². The third kappa shape index (κ3) is 4.15. The Hall–Kier alpha value is -3.19. The zero-order chi connectivity index (χ0) is 19.6. The van der Waals surface area contributed by atoms with Crippen LogP contribution in [0.25, 0.3) is 5.69 Å². The van der Waals surface area contributed by atoms with Crippen molar-refractivity contribution < 1.29 is 9.18 Å². The number of aromatic nitrogens is 2. The molecule has 0 atom stereocenters. The molecule has 1 N–H and O–H groups in total. The summed E-state index contributed by atoms with van der Waals surface area (Å²) in [6, 6.07) is 10.8. The van der Waals surface area contributed by atoms with Crippen LogP contribution in [-0.4, -0.2) is 15.0 Å². The van der Waals surface area contributed by atoms with Crippen molar-refractivity contribution in [1.29, 1.82) is 0 Å². The number of hydrogen-bond donors (Lipinski definition) is 1. The Balaban J connectivity index is 1.83. The van der Waals surface area contributed by atoms with Crippen LogP contribution in [0.5, 0.6) is 0 Å². The molecule has 0 aliphatic rings. The van der Waals surface area contributed by atoms with E-state index >= 15 is 0 Å². The number of nitrogens with zero attached hydrogens (tertiary/aromatic N) is 2. The average molecular weight is 388 g/mol. The lowest BCUT2D eigenvalue weighted by Crippen LogP contribution is -2.41. The Bertz CT molecular complexity index is 1120. The quantitative estimate of drug-likeness (QED) is 0.699. The summed E-state index contributed by atoms with van der Waals surface area (Å²) >= 11 is 5.72. The predicted molar refractivity (Wildman–Crippen MR) is 101 cm³/mol. The number of anilines is 1. The maximum Gasteiger partial charge on any atom is 0.320 e. The van der Waals surface area contributed by atoms with Gasteiger partial charge in [-0.15, -0.1) is 0 Å². The van der Waals surface area contributed by atoms with Gasteiger partial charge in [-0.3, -0.25) is 23.5 Å². The van der Waals surface area contributed by atoms with E-state index in [2.05, 4.69) is 5.32 Å². The van der Waals surface area contributed by atoms with Gasteiger partial charge < -0.3 is 5.32 Å². The van der Waals surface area contributed by atoms with E-state index in [1.54, 1.807) is 12.1 Å². The lowest BCUT2D eigenvalue weighted by molar-refractivity contribution is -0.116. The first-order chi connectivity index (χ1) is 12.8. The fraction of sp³-hybridized carbons (Fsp3) is 0.105. The van der Waals surface area contributed by atoms with Crippen LogP contribution in [0.4, 0.5) is 10.1 Å². The fourth-order valence-electron chi connectivity index (χ4n) is 2.46. The molecule has 0 bridgehead atoms. The number of carbonyl (C=O) groups is 1. The van der Waals surface area contributed by atoms with Gasteiger partial charge in [0.15, 0.2) is 0 Å². The van der Waals surface area contributed by atoms with Crippen LogP contribution in [0, 0.1) is 12.7 Å². The molecule has 1 heterocycles. The smallest absolute Gasteiger partial charge is 0.320 e. The summed E-state index contributed by atoms with van der Waals surface area (Å²) in [7, 11) is 0. The number of nitrogens with one attached hydrogen (secondary N) is 1. The Morgan fingerprint density at radius 2 is 1.78 bits per heavy atom. The molecule has 2 aromatic carbocycles. The lowest BCUT2D eigenvalue weighted by Gasteiger charge is -2.10. The molecule has 1 aromatic heterocycles. The number of halogens is 2. The molecule has 6 nitrogen and oxygen atoms in total. The SMILES string of the molecule is Cc1ccc(NC(=O)Cn2ccn(-c3ccc(F)c(Cl)c3)c(=O)c2=O)cc1. The minimum atomic E-state index is -0.878. The molecule has 0 spiro atoms. The summed E-state index contributed by atoms with van der Waals surface area (Å²) in [6.45, 7) is 1.61. The first-order valence-corrected chi connectivity index (χ1v) is 8.37. The molecule has 0 aliphatic carbocycles. The fourth-order valence-corrected chi connectivity index (χ4v) is 2.64. The van der Waals surface area contributed by atoms with Crippen LogP contribution >= 0.6 is 11.6 Å². The second-order valence-electron chi connectivity index (χ2n) is 5.92. The van der Waals surface area contributed by atoms with E-state index in [0.29, 0.717) is 5.69 Å². The van der Waals surface area contributed by atoms with Gasteiger partial charge in [0.25, 0.3) is 0 Å². The molecule has 138 valence electrons. The third-order valence-electron chi connectivity index (χ3n) is 3.89. The van der Waals surface area contributed by atoms with E-state index in [0.717, 1.165) is 20.8 Å². The monoisotopic (exact) mass is 387 g/mol. The van der Waals surface area contributed by atoms with Crippen LogP contribution < -0.4 is 16.4 Å². The van der Waals surface area contributed by atoms with Gasteiger partial charge in [0.1, 0.15) is 12.4 Å². The summed E-state index contributed by atoms with van der Waals surface area (Å²) < 4.78 is 15.3. The van der Waals surface area contributed by atoms with E-state index in [9.17, 15) is 18.8 Å². The maximum absolute atomic E-state index is 13.3. The third-order valence-corrected chi connectivity index (χ3v) is 4.18. The van der Waals surface area contributed by atoms with E-state index in [-0.39, 0.29) is 17.3 Å². The van der Waals surface area contributed by atoms with Gasteiger partial charge in [-0.1, -0.05) is 29.3 Å². The van der Waals surface area contributed by atoms with Crippen molar-refractivity contribution in [2.45, 2.75) is 13.5 Å². The van der Waals surface area contributed by atoms with Crippen LogP contribution in [0.15, 0.2) is 64.4 Å². The molecule has 0 aliphatic heterocycles. The summed E-state index contributed by atoms with van der Waals surface area (Å²) in [4.78, 5) is 36.7. The highest BCUT2D eigenvalue weighted by molar-refractivity contribution is 6.30. The summed E-state index contributed by atoms with van der Waals surface area (Å²) in [5.41, 5.74) is 0.141. The molecule has 3 rings (SSSR count). The van der Waals surface area contributed by atoms with Gasteiger partial charge in [-0.25, -0.2) is 4.39 Å². The zero-order valence-corrected chi connectivity index (χ0v) is 15.0. The molecule has 0 saturated carbocycles. The minimum absolute atomic E-state index is 0.166. The average Bonchev–Trinajstić information content (AvgIpc) is 2.64. The van der Waals surface area contributed by atoms with E-state index in [1.807, 2.05) is 19.1 Å². The summed E-state index contributed by atoms with van der Waals surface area (Å²) in [6.07, 6.45) is 2.64. The van der Waals surface area contributed by atoms with Crippen LogP contribution in [0.1, 0.15) is 5.56 Å². The Morgan fingerprint density at radius 3 is 2.44 bits per heavy atom. The molecule has 0 unspecified atom stereocenters. The van der Waals surface area contributed by atoms with Crippen molar-refractivity contribution >= 4 is 23.2 Å². The van der Waals surface area contributed by atoms with Crippen molar-refractivity contribution in [2.24, 2.45) is 0 Å². The Labute approximate surface area is 158 Å². The molecule has 0 radical (unpaired) electrons. The van der Waals surface area contributed by atoms with Crippen molar-refractivity contribution in [3.8, 4) is 5.69 Å². The summed E-state index contributed by atoms with van der Waals surface area (Å²) in [5, 5.41) is 2.49. The second-order valence-corrected chi connectivity index (χ2v) is 6.33. The molecule has 27 heavy (non-hydrogen) atoms. The number of rotatable bonds is 4. The Kier molecular flexibility index (Phi) is 5.23. The molecular formula is C19H15ClFN3O3. The van der Waals surface area contributed by atoms with Gasteiger partial charge in [0, 0.05) is 18.1 Å². The summed E-state index contributed by atoms with van der Waals surface area (Å²) in [5.74, 6) is -1.07. The van der Waals surface area contributed by atoms with Gasteiger partial charge in [-0.2, -0.15) is 0 Å². The van der Waals surface area contributed by atoms with Crippen molar-refractivity contribution in [2.75, 3.05) is 5.32 Å². The maximum atomic E-state index is 13.3. The molecule has 0 fully saturated rings. The minimum Gasteiger partial charge on any atom is -0.325 e. The second kappa shape index (κ2) is 7.59. The van der Waals surface area contributed by atoms with Crippen molar-refractivity contribution in [1.82, 2.24) is 9.13 Å². The van der Waals surface area contributed by atoms with Gasteiger partial charge in [0.05, 0.1) is 10.7 Å². The molecular weight excluding hydrogens is 373 g/mol. The number of carbonyl (C=O) groups excluding carboxylic acids is 1. The van der Waals surface area contributed by atoms with Crippen molar-refractivity contribution in [3.05, 3.63) is 92.0 Å². The van der Waals surface area contributed by atoms with Gasteiger partial charge in [0.2, 0.25) is 5.91 Å². The van der Waals surface area contributed by atoms with Gasteiger partial charge in [-0.05, 0) is 37.3 Å². The number of aryl methyl sites for hydroxylation is 1. The zero-order valence-electron chi connectivity index (χ0n) is 14.3. The van der Waals surface area contributed by atoms with E-state index in [4.69, 9.17) is 11.6 Å². The number of amides is 1. The number of hydrogen-bond acceptors (Lipinski definition) is 3. The molecule has 3 aromatic rings. The predicted octanol–water partition coefficient (Wildman–Crippen LogP) is 2.74. The van der Waals surface area contributed by atoms with E-state index < -0.39 is 22.8 Å². The standard InChI is InChI=1S/C19H15ClFN3O3/c1-12-2-4-13(5-3-12)22-17(25)11-23-8-9-24(19(27)18(23)26)14-6-7-16(21)15(20)10-14/h2-10H,11H2,1H3,(H,22,25). The largest absolute Gasteiger partial charge is 0.325 e. The van der Waals surface area contributed by atoms with Crippen LogP contribution in [-0.2, 0) is 11.3 Å². The first-order valence-electron chi connectivity index (χ1n) is 7.99. The van der Waals surface area contributed by atoms with Crippen LogP contribution in [0.3, 0.4) is 0 Å². The highest BCUT2D eigenvalue weighted by atomic mass is 35.5. The van der Waals surface area contributed by atoms with Crippen molar-refractivity contribution in [3.63, 3.8) is 0 Å². The molecule has 1 amide bonds. The highest BCUT2D eigenvalue weighted by Gasteiger charge is 2.11. The number of benzene rings is 2. The lowest BCUT2D eigenvalue weighted by atomic mass is 10.2. The molecule has 8 heteroatoms. The molecule has 0 saturated heterocycles. The topological polar surface area (TPSA) is 73.1 Å². The highest BCUT2D eigenvalue weighted by Crippen LogP contribution is 2.17. The van der Waals surface area contributed by atoms with Crippen LogP contribution in [0.2, 0.25) is 5.02 Å². The normalized spacial score (nSPS) is 10.6. The first kappa shape index (κ1) is 18.6. The Morgan fingerprint density at radius 1 is 1.07 bits per heavy atom.